The number of benzene rings is 3. The van der Waals surface area contributed by atoms with Crippen molar-refractivity contribution in [1.29, 1.82) is 0 Å². The molecule has 2 aliphatic rings. The zero-order valence-corrected chi connectivity index (χ0v) is 25.5. The summed E-state index contributed by atoms with van der Waals surface area (Å²) in [4.78, 5) is 28.6. The van der Waals surface area contributed by atoms with Gasteiger partial charge in [-0.2, -0.15) is 0 Å². The van der Waals surface area contributed by atoms with Crippen molar-refractivity contribution in [3.63, 3.8) is 0 Å². The topological polar surface area (TPSA) is 92.6 Å². The van der Waals surface area contributed by atoms with Crippen molar-refractivity contribution in [2.24, 2.45) is 0 Å². The van der Waals surface area contributed by atoms with Crippen LogP contribution in [0.4, 0.5) is 5.13 Å². The Bertz CT molecular complexity index is 1690. The number of amides is 1. The van der Waals surface area contributed by atoms with Gasteiger partial charge in [0, 0.05) is 17.7 Å². The zero-order chi connectivity index (χ0) is 29.5. The van der Waals surface area contributed by atoms with E-state index in [9.17, 15) is 14.7 Å². The molecule has 0 aliphatic carbocycles. The molecule has 2 atom stereocenters. The van der Waals surface area contributed by atoms with Gasteiger partial charge in [-0.25, -0.2) is 0 Å². The molecule has 3 heterocycles. The molecular weight excluding hydrogens is 567 g/mol. The number of fused-ring (bicyclic) bond motifs is 1. The SMILES string of the molecule is Cc1ccc(CSc2nnc(N3C(=O)C(=O)C(=C(O)c4ccc5c(c4)CC(C)O5)C3c3ccc(C(C)C)cc3)s2)cc1. The van der Waals surface area contributed by atoms with Gasteiger partial charge in [-0.15, -0.1) is 10.2 Å². The first-order valence-electron chi connectivity index (χ1n) is 13.9. The van der Waals surface area contributed by atoms with Gasteiger partial charge in [-0.3, -0.25) is 14.5 Å². The van der Waals surface area contributed by atoms with E-state index in [1.807, 2.05) is 37.3 Å². The van der Waals surface area contributed by atoms with E-state index in [0.29, 0.717) is 38.7 Å². The third-order valence-electron chi connectivity index (χ3n) is 7.62. The summed E-state index contributed by atoms with van der Waals surface area (Å²) >= 11 is 2.79. The van der Waals surface area contributed by atoms with E-state index in [1.54, 1.807) is 12.1 Å². The smallest absolute Gasteiger partial charge is 0.301 e. The van der Waals surface area contributed by atoms with Crippen LogP contribution in [-0.2, 0) is 21.8 Å². The quantitative estimate of drug-likeness (QED) is 0.0791. The minimum absolute atomic E-state index is 0.0354. The fourth-order valence-electron chi connectivity index (χ4n) is 5.32. The lowest BCUT2D eigenvalue weighted by atomic mass is 9.93. The summed E-state index contributed by atoms with van der Waals surface area (Å²) in [5, 5.41) is 20.6. The highest BCUT2D eigenvalue weighted by atomic mass is 32.2. The second-order valence-electron chi connectivity index (χ2n) is 11.1. The van der Waals surface area contributed by atoms with E-state index >= 15 is 0 Å². The van der Waals surface area contributed by atoms with Crippen LogP contribution in [0.5, 0.6) is 5.75 Å². The number of thioether (sulfide) groups is 1. The van der Waals surface area contributed by atoms with E-state index in [4.69, 9.17) is 4.74 Å². The summed E-state index contributed by atoms with van der Waals surface area (Å²) in [7, 11) is 0. The molecule has 2 aliphatic heterocycles. The summed E-state index contributed by atoms with van der Waals surface area (Å²) in [6.07, 6.45) is 0.747. The number of hydrogen-bond acceptors (Lipinski definition) is 8. The summed E-state index contributed by atoms with van der Waals surface area (Å²) < 4.78 is 6.50. The highest BCUT2D eigenvalue weighted by molar-refractivity contribution is 8.00. The average Bonchev–Trinajstić information content (AvgIpc) is 3.67. The van der Waals surface area contributed by atoms with Crippen LogP contribution in [0.15, 0.2) is 76.6 Å². The predicted molar refractivity (Wildman–Crippen MR) is 166 cm³/mol. The summed E-state index contributed by atoms with van der Waals surface area (Å²) in [5.41, 5.74) is 5.66. The molecule has 1 aromatic heterocycles. The fraction of sp³-hybridized carbons (Fsp3) is 0.273. The molecule has 3 aromatic carbocycles. The zero-order valence-electron chi connectivity index (χ0n) is 23.8. The maximum Gasteiger partial charge on any atom is 0.301 e. The molecule has 0 bridgehead atoms. The van der Waals surface area contributed by atoms with Crippen LogP contribution in [-0.4, -0.2) is 33.1 Å². The number of hydrogen-bond donors (Lipinski definition) is 1. The summed E-state index contributed by atoms with van der Waals surface area (Å²) in [6, 6.07) is 20.6. The molecular formula is C33H31N3O4S2. The molecule has 9 heteroatoms. The minimum atomic E-state index is -0.850. The monoisotopic (exact) mass is 597 g/mol. The van der Waals surface area contributed by atoms with Gasteiger partial charge in [0.2, 0.25) is 5.13 Å². The molecule has 0 saturated carbocycles. The van der Waals surface area contributed by atoms with Crippen molar-refractivity contribution >= 4 is 45.7 Å². The van der Waals surface area contributed by atoms with Crippen molar-refractivity contribution < 1.29 is 19.4 Å². The minimum Gasteiger partial charge on any atom is -0.507 e. The Morgan fingerprint density at radius 3 is 2.52 bits per heavy atom. The molecule has 1 N–H and O–H groups in total. The van der Waals surface area contributed by atoms with Gasteiger partial charge < -0.3 is 9.84 Å². The third kappa shape index (κ3) is 5.34. The van der Waals surface area contributed by atoms with Gasteiger partial charge in [0.15, 0.2) is 4.34 Å². The van der Waals surface area contributed by atoms with Crippen LogP contribution >= 0.6 is 23.1 Å². The van der Waals surface area contributed by atoms with E-state index in [0.717, 1.165) is 22.4 Å². The number of ketones is 1. The number of aliphatic hydroxyl groups excluding tert-OH is 1. The van der Waals surface area contributed by atoms with Crippen molar-refractivity contribution in [2.45, 2.75) is 62.3 Å². The van der Waals surface area contributed by atoms with Crippen molar-refractivity contribution in [1.82, 2.24) is 10.2 Å². The number of aliphatic hydroxyl groups is 1. The Labute approximate surface area is 253 Å². The highest BCUT2D eigenvalue weighted by Gasteiger charge is 2.48. The first kappa shape index (κ1) is 28.2. The number of aromatic nitrogens is 2. The van der Waals surface area contributed by atoms with Crippen LogP contribution in [0.3, 0.4) is 0 Å². The summed E-state index contributed by atoms with van der Waals surface area (Å²) in [5.74, 6) is 0.0877. The lowest BCUT2D eigenvalue weighted by Gasteiger charge is -2.23. The van der Waals surface area contributed by atoms with Crippen molar-refractivity contribution in [3.8, 4) is 5.75 Å². The number of nitrogens with zero attached hydrogens (tertiary/aromatic N) is 3. The number of anilines is 1. The molecule has 4 aromatic rings. The first-order chi connectivity index (χ1) is 20.2. The Kier molecular flexibility index (Phi) is 7.64. The molecule has 214 valence electrons. The van der Waals surface area contributed by atoms with Gasteiger partial charge in [-0.1, -0.05) is 91.0 Å². The second-order valence-corrected chi connectivity index (χ2v) is 13.2. The van der Waals surface area contributed by atoms with Crippen LogP contribution in [0.2, 0.25) is 0 Å². The molecule has 1 saturated heterocycles. The lowest BCUT2D eigenvalue weighted by molar-refractivity contribution is -0.132. The van der Waals surface area contributed by atoms with E-state index in [2.05, 4.69) is 55.2 Å². The van der Waals surface area contributed by atoms with Gasteiger partial charge in [0.25, 0.3) is 5.78 Å². The number of carbonyl (C=O) groups excluding carboxylic acids is 2. The fourth-order valence-corrected chi connectivity index (χ4v) is 7.14. The molecule has 6 rings (SSSR count). The number of aryl methyl sites for hydroxylation is 1. The molecule has 0 spiro atoms. The second kappa shape index (κ2) is 11.4. The average molecular weight is 598 g/mol. The van der Waals surface area contributed by atoms with Crippen molar-refractivity contribution in [3.05, 3.63) is 106 Å². The lowest BCUT2D eigenvalue weighted by Crippen LogP contribution is -2.29. The van der Waals surface area contributed by atoms with E-state index in [1.165, 1.54) is 33.6 Å². The van der Waals surface area contributed by atoms with Crippen LogP contribution in [0, 0.1) is 6.92 Å². The van der Waals surface area contributed by atoms with Crippen molar-refractivity contribution in [2.75, 3.05) is 4.90 Å². The Balaban J connectivity index is 1.39. The normalized spacial score (nSPS) is 19.4. The molecule has 7 nitrogen and oxygen atoms in total. The van der Waals surface area contributed by atoms with Crippen LogP contribution in [0.1, 0.15) is 66.1 Å². The van der Waals surface area contributed by atoms with E-state index in [-0.39, 0.29) is 17.4 Å². The Hall–Kier alpha value is -3.95. The maximum atomic E-state index is 13.6. The van der Waals surface area contributed by atoms with Gasteiger partial charge in [-0.05, 0) is 60.2 Å². The Morgan fingerprint density at radius 2 is 1.81 bits per heavy atom. The number of carbonyl (C=O) groups is 2. The predicted octanol–water partition coefficient (Wildman–Crippen LogP) is 7.21. The first-order valence-corrected chi connectivity index (χ1v) is 15.7. The number of Topliss-reactive ketones (excluding diaryl/α,β-unsaturated/α-hetero) is 1. The number of ether oxygens (including phenoxy) is 1. The number of rotatable bonds is 7. The molecule has 2 unspecified atom stereocenters. The van der Waals surface area contributed by atoms with Crippen LogP contribution in [0.25, 0.3) is 5.76 Å². The largest absolute Gasteiger partial charge is 0.507 e. The van der Waals surface area contributed by atoms with Gasteiger partial charge in [0.05, 0.1) is 11.6 Å². The molecule has 0 radical (unpaired) electrons. The highest BCUT2D eigenvalue weighted by Crippen LogP contribution is 2.45. The molecule has 42 heavy (non-hydrogen) atoms. The Morgan fingerprint density at radius 1 is 1.07 bits per heavy atom. The summed E-state index contributed by atoms with van der Waals surface area (Å²) in [6.45, 7) is 8.25. The molecule has 1 amide bonds. The molecule has 1 fully saturated rings. The third-order valence-corrected chi connectivity index (χ3v) is 9.74. The maximum absolute atomic E-state index is 13.6. The van der Waals surface area contributed by atoms with Gasteiger partial charge >= 0.3 is 5.91 Å². The standard InChI is InChI=1S/C33H31N3O4S2/c1-18(2)22-9-11-23(12-10-22)28-27(29(37)24-13-14-26-25(16-24)15-20(4)40-26)30(38)31(39)36(28)32-34-35-33(42-32)41-17-21-7-5-19(3)6-8-21/h5-14,16,18,20,28,37H,15,17H2,1-4H3. The van der Waals surface area contributed by atoms with Gasteiger partial charge in [0.1, 0.15) is 17.6 Å². The van der Waals surface area contributed by atoms with E-state index < -0.39 is 17.7 Å². The van der Waals surface area contributed by atoms with Crippen LogP contribution < -0.4 is 9.64 Å².